The second-order valence-corrected chi connectivity index (χ2v) is 10.3. The van der Waals surface area contributed by atoms with Gasteiger partial charge in [0.2, 0.25) is 0 Å². The van der Waals surface area contributed by atoms with Gasteiger partial charge >= 0.3 is 0 Å². The van der Waals surface area contributed by atoms with Gasteiger partial charge in [0.15, 0.2) is 0 Å². The van der Waals surface area contributed by atoms with Crippen LogP contribution < -0.4 is 10.4 Å². The minimum Gasteiger partial charge on any atom is -0.399 e. The molecule has 0 saturated carbocycles. The number of rotatable bonds is 7. The Morgan fingerprint density at radius 1 is 1.05 bits per heavy atom. The Morgan fingerprint density at radius 2 is 1.50 bits per heavy atom. The third-order valence-electron chi connectivity index (χ3n) is 4.15. The normalized spacial score (nSPS) is 14.3. The Kier molecular flexibility index (Phi) is 5.74. The zero-order valence-corrected chi connectivity index (χ0v) is 15.6. The van der Waals surface area contributed by atoms with E-state index in [4.69, 9.17) is 4.43 Å². The van der Waals surface area contributed by atoms with Gasteiger partial charge < -0.3 is 4.43 Å². The SMILES string of the molecule is C=CCC(P)(CC)O[Si](C)(c1ccccc1)c1ccccc1. The first-order chi connectivity index (χ1) is 10.5. The van der Waals surface area contributed by atoms with Gasteiger partial charge in [-0.3, -0.25) is 0 Å². The molecule has 2 unspecified atom stereocenters. The van der Waals surface area contributed by atoms with E-state index in [0.29, 0.717) is 0 Å². The van der Waals surface area contributed by atoms with Crippen LogP contribution in [0, 0.1) is 0 Å². The van der Waals surface area contributed by atoms with E-state index in [9.17, 15) is 0 Å². The molecule has 0 aliphatic carbocycles. The van der Waals surface area contributed by atoms with Crippen LogP contribution >= 0.6 is 9.24 Å². The van der Waals surface area contributed by atoms with Crippen LogP contribution in [-0.4, -0.2) is 13.7 Å². The van der Waals surface area contributed by atoms with Gasteiger partial charge in [0, 0.05) is 0 Å². The Balaban J connectivity index is 2.49. The van der Waals surface area contributed by atoms with Crippen molar-refractivity contribution in [2.24, 2.45) is 0 Å². The van der Waals surface area contributed by atoms with Crippen molar-refractivity contribution in [3.8, 4) is 0 Å². The van der Waals surface area contributed by atoms with Crippen LogP contribution in [0.1, 0.15) is 19.8 Å². The lowest BCUT2D eigenvalue weighted by Crippen LogP contribution is -2.61. The Morgan fingerprint density at radius 3 is 1.86 bits per heavy atom. The highest BCUT2D eigenvalue weighted by Gasteiger charge is 2.40. The fraction of sp³-hybridized carbons (Fsp3) is 0.263. The summed E-state index contributed by atoms with van der Waals surface area (Å²) in [6.07, 6.45) is 3.71. The van der Waals surface area contributed by atoms with Crippen molar-refractivity contribution in [3.63, 3.8) is 0 Å². The van der Waals surface area contributed by atoms with Gasteiger partial charge in [0.1, 0.15) is 0 Å². The molecule has 1 nitrogen and oxygen atoms in total. The number of benzene rings is 2. The fourth-order valence-electron chi connectivity index (χ4n) is 2.71. The molecule has 0 spiro atoms. The number of hydrogen-bond donors (Lipinski definition) is 0. The molecular formula is C19H25OPSi. The third kappa shape index (κ3) is 3.75. The van der Waals surface area contributed by atoms with E-state index >= 15 is 0 Å². The van der Waals surface area contributed by atoms with E-state index in [0.717, 1.165) is 12.8 Å². The van der Waals surface area contributed by atoms with Gasteiger partial charge in [-0.2, -0.15) is 0 Å². The molecule has 2 aromatic rings. The van der Waals surface area contributed by atoms with Crippen molar-refractivity contribution < 1.29 is 4.43 Å². The molecule has 0 heterocycles. The van der Waals surface area contributed by atoms with Gasteiger partial charge in [-0.15, -0.1) is 15.8 Å². The molecule has 116 valence electrons. The Labute approximate surface area is 137 Å². The topological polar surface area (TPSA) is 9.23 Å². The molecule has 2 atom stereocenters. The van der Waals surface area contributed by atoms with Gasteiger partial charge in [0.05, 0.1) is 5.34 Å². The summed E-state index contributed by atoms with van der Waals surface area (Å²) in [4.78, 5) is 0. The summed E-state index contributed by atoms with van der Waals surface area (Å²) in [6, 6.07) is 21.2. The molecule has 0 saturated heterocycles. The summed E-state index contributed by atoms with van der Waals surface area (Å²) in [5.41, 5.74) is 0. The zero-order valence-electron chi connectivity index (χ0n) is 13.5. The van der Waals surface area contributed by atoms with E-state index in [2.05, 4.69) is 90.0 Å². The Hall–Kier alpha value is -1.21. The van der Waals surface area contributed by atoms with Crippen molar-refractivity contribution in [2.45, 2.75) is 31.7 Å². The summed E-state index contributed by atoms with van der Waals surface area (Å²) < 4.78 is 6.82. The molecule has 0 fully saturated rings. The molecule has 0 amide bonds. The maximum absolute atomic E-state index is 6.82. The highest BCUT2D eigenvalue weighted by atomic mass is 31.0. The quantitative estimate of drug-likeness (QED) is 0.425. The summed E-state index contributed by atoms with van der Waals surface area (Å²) in [5, 5.41) is 2.34. The first kappa shape index (κ1) is 17.1. The smallest absolute Gasteiger partial charge is 0.253 e. The van der Waals surface area contributed by atoms with E-state index < -0.39 is 8.32 Å². The van der Waals surface area contributed by atoms with E-state index in [1.54, 1.807) is 0 Å². The maximum atomic E-state index is 6.82. The monoisotopic (exact) mass is 328 g/mol. The molecule has 3 heteroatoms. The van der Waals surface area contributed by atoms with Gasteiger partial charge in [-0.25, -0.2) is 0 Å². The minimum absolute atomic E-state index is 0.256. The van der Waals surface area contributed by atoms with Gasteiger partial charge in [-0.1, -0.05) is 73.7 Å². The summed E-state index contributed by atoms with van der Waals surface area (Å²) >= 11 is 0. The highest BCUT2D eigenvalue weighted by molar-refractivity contribution is 7.19. The molecule has 22 heavy (non-hydrogen) atoms. The van der Waals surface area contributed by atoms with Crippen molar-refractivity contribution in [3.05, 3.63) is 73.3 Å². The lowest BCUT2D eigenvalue weighted by atomic mass is 10.2. The van der Waals surface area contributed by atoms with Crippen LogP contribution in [0.5, 0.6) is 0 Å². The van der Waals surface area contributed by atoms with Crippen molar-refractivity contribution in [1.29, 1.82) is 0 Å². The largest absolute Gasteiger partial charge is 0.399 e. The van der Waals surface area contributed by atoms with Crippen LogP contribution in [0.2, 0.25) is 6.55 Å². The molecule has 0 N–H and O–H groups in total. The zero-order chi connectivity index (χ0) is 16.1. The molecule has 0 aromatic heterocycles. The van der Waals surface area contributed by atoms with E-state index in [1.807, 2.05) is 6.08 Å². The van der Waals surface area contributed by atoms with Crippen LogP contribution in [0.4, 0.5) is 0 Å². The maximum Gasteiger partial charge on any atom is 0.253 e. The van der Waals surface area contributed by atoms with Crippen molar-refractivity contribution in [2.75, 3.05) is 0 Å². The molecular weight excluding hydrogens is 303 g/mol. The molecule has 2 aromatic carbocycles. The molecule has 0 bridgehead atoms. The second-order valence-electron chi connectivity index (χ2n) is 5.78. The molecule has 2 rings (SSSR count). The molecule has 0 aliphatic rings. The molecule has 0 radical (unpaired) electrons. The third-order valence-corrected chi connectivity index (χ3v) is 8.83. The number of hydrogen-bond acceptors (Lipinski definition) is 1. The first-order valence-electron chi connectivity index (χ1n) is 7.75. The highest BCUT2D eigenvalue weighted by Crippen LogP contribution is 2.32. The lowest BCUT2D eigenvalue weighted by Gasteiger charge is -2.39. The van der Waals surface area contributed by atoms with Crippen molar-refractivity contribution in [1.82, 2.24) is 0 Å². The van der Waals surface area contributed by atoms with Crippen LogP contribution in [0.3, 0.4) is 0 Å². The standard InChI is InChI=1S/C19H25OPSi/c1-4-16-19(21,5-2)20-22(3,17-12-8-6-9-13-17)18-14-10-7-11-15-18/h4,6-15H,1,5,16,21H2,2-3H3. The summed E-state index contributed by atoms with van der Waals surface area (Å²) in [7, 11) is 0.655. The van der Waals surface area contributed by atoms with Gasteiger partial charge in [-0.05, 0) is 29.8 Å². The Bertz CT molecular complexity index is 560. The fourth-order valence-corrected chi connectivity index (χ4v) is 6.85. The average Bonchev–Trinajstić information content (AvgIpc) is 2.56. The van der Waals surface area contributed by atoms with Crippen LogP contribution in [0.15, 0.2) is 73.3 Å². The average molecular weight is 328 g/mol. The van der Waals surface area contributed by atoms with Crippen molar-refractivity contribution >= 4 is 27.9 Å². The minimum atomic E-state index is -2.26. The predicted molar refractivity (Wildman–Crippen MR) is 102 cm³/mol. The predicted octanol–water partition coefficient (Wildman–Crippen LogP) is 3.95. The summed E-state index contributed by atoms with van der Waals surface area (Å²) in [6.45, 7) is 8.35. The first-order valence-corrected chi connectivity index (χ1v) is 10.7. The molecule has 0 aliphatic heterocycles. The second kappa shape index (κ2) is 7.37. The van der Waals surface area contributed by atoms with Gasteiger partial charge in [0.25, 0.3) is 8.32 Å². The van der Waals surface area contributed by atoms with Crippen LogP contribution in [-0.2, 0) is 4.43 Å². The lowest BCUT2D eigenvalue weighted by molar-refractivity contribution is 0.160. The van der Waals surface area contributed by atoms with Crippen LogP contribution in [0.25, 0.3) is 0 Å². The van der Waals surface area contributed by atoms with E-state index in [-0.39, 0.29) is 5.34 Å². The summed E-state index contributed by atoms with van der Waals surface area (Å²) in [5.74, 6) is 0. The van der Waals surface area contributed by atoms with E-state index in [1.165, 1.54) is 10.4 Å².